The molecule has 0 aromatic carbocycles. The zero-order chi connectivity index (χ0) is 15.3. The molecule has 4 nitrogen and oxygen atoms in total. The largest absolute Gasteiger partial charge is 0.481 e. The zero-order valence-corrected chi connectivity index (χ0v) is 13.2. The second-order valence-electron chi connectivity index (χ2n) is 7.00. The van der Waals surface area contributed by atoms with Gasteiger partial charge in [0.25, 0.3) is 0 Å². The van der Waals surface area contributed by atoms with Crippen molar-refractivity contribution in [2.75, 3.05) is 6.54 Å². The van der Waals surface area contributed by atoms with Crippen LogP contribution in [0.1, 0.15) is 59.8 Å². The molecular weight excluding hydrogens is 254 g/mol. The van der Waals surface area contributed by atoms with Crippen LogP contribution < -0.4 is 5.32 Å². The van der Waals surface area contributed by atoms with Crippen LogP contribution in [0.15, 0.2) is 0 Å². The second-order valence-corrected chi connectivity index (χ2v) is 7.00. The van der Waals surface area contributed by atoms with Gasteiger partial charge in [0.1, 0.15) is 0 Å². The van der Waals surface area contributed by atoms with Gasteiger partial charge in [0, 0.05) is 6.54 Å². The first kappa shape index (κ1) is 17.0. The van der Waals surface area contributed by atoms with Crippen molar-refractivity contribution in [2.45, 2.75) is 59.8 Å². The van der Waals surface area contributed by atoms with Gasteiger partial charge in [-0.1, -0.05) is 53.4 Å². The third-order valence-corrected chi connectivity index (χ3v) is 4.38. The number of hydrogen-bond acceptors (Lipinski definition) is 2. The average molecular weight is 283 g/mol. The molecule has 0 aliphatic heterocycles. The van der Waals surface area contributed by atoms with Gasteiger partial charge in [-0.25, -0.2) is 0 Å². The predicted molar refractivity (Wildman–Crippen MR) is 79.3 cm³/mol. The third kappa shape index (κ3) is 4.50. The lowest BCUT2D eigenvalue weighted by Crippen LogP contribution is -2.28. The molecule has 1 amide bonds. The van der Waals surface area contributed by atoms with E-state index in [1.54, 1.807) is 0 Å². The Hall–Kier alpha value is -1.06. The molecule has 1 aliphatic rings. The lowest BCUT2D eigenvalue weighted by Gasteiger charge is -2.07. The fraction of sp³-hybridized carbons (Fsp3) is 0.875. The Morgan fingerprint density at radius 2 is 1.70 bits per heavy atom. The standard InChI is InChI=1S/C16H29NO3/c1-11(2)9-7-5-6-8-10-17-14(18)12-13(15(19)20)16(12,3)4/h11-13H,5-10H2,1-4H3,(H,17,18)(H,19,20). The van der Waals surface area contributed by atoms with Crippen LogP contribution in [0.5, 0.6) is 0 Å². The molecule has 1 fully saturated rings. The Morgan fingerprint density at radius 1 is 1.10 bits per heavy atom. The monoisotopic (exact) mass is 283 g/mol. The number of unbranched alkanes of at least 4 members (excludes halogenated alkanes) is 3. The summed E-state index contributed by atoms with van der Waals surface area (Å²) in [5.41, 5.74) is -0.396. The predicted octanol–water partition coefficient (Wildman–Crippen LogP) is 3.07. The van der Waals surface area contributed by atoms with Crippen LogP contribution in [-0.4, -0.2) is 23.5 Å². The molecule has 0 spiro atoms. The molecule has 1 aliphatic carbocycles. The summed E-state index contributed by atoms with van der Waals surface area (Å²) >= 11 is 0. The van der Waals surface area contributed by atoms with Crippen molar-refractivity contribution in [3.05, 3.63) is 0 Å². The van der Waals surface area contributed by atoms with Crippen LogP contribution in [0.2, 0.25) is 0 Å². The first-order chi connectivity index (χ1) is 9.28. The van der Waals surface area contributed by atoms with Crippen LogP contribution in [-0.2, 0) is 9.59 Å². The van der Waals surface area contributed by atoms with E-state index >= 15 is 0 Å². The fourth-order valence-corrected chi connectivity index (χ4v) is 2.94. The van der Waals surface area contributed by atoms with E-state index in [-0.39, 0.29) is 11.8 Å². The van der Waals surface area contributed by atoms with Gasteiger partial charge >= 0.3 is 5.97 Å². The van der Waals surface area contributed by atoms with Crippen LogP contribution in [0.4, 0.5) is 0 Å². The highest BCUT2D eigenvalue weighted by Gasteiger charge is 2.65. The summed E-state index contributed by atoms with van der Waals surface area (Å²) in [6.45, 7) is 8.83. The van der Waals surface area contributed by atoms with Crippen LogP contribution in [0.25, 0.3) is 0 Å². The van der Waals surface area contributed by atoms with E-state index in [2.05, 4.69) is 19.2 Å². The molecule has 0 aromatic heterocycles. The molecule has 2 N–H and O–H groups in total. The lowest BCUT2D eigenvalue weighted by molar-refractivity contribution is -0.140. The molecule has 1 rings (SSSR count). The van der Waals surface area contributed by atoms with Gasteiger partial charge in [-0.3, -0.25) is 9.59 Å². The number of carbonyl (C=O) groups excluding carboxylic acids is 1. The fourth-order valence-electron chi connectivity index (χ4n) is 2.94. The van der Waals surface area contributed by atoms with Crippen LogP contribution in [0, 0.1) is 23.2 Å². The average Bonchev–Trinajstić information content (AvgIpc) is 2.90. The van der Waals surface area contributed by atoms with Gasteiger partial charge in [-0.05, 0) is 17.8 Å². The van der Waals surface area contributed by atoms with E-state index in [1.165, 1.54) is 19.3 Å². The molecule has 2 unspecified atom stereocenters. The minimum atomic E-state index is -0.858. The number of carboxylic acids is 1. The van der Waals surface area contributed by atoms with Crippen molar-refractivity contribution in [1.29, 1.82) is 0 Å². The number of nitrogens with one attached hydrogen (secondary N) is 1. The van der Waals surface area contributed by atoms with E-state index in [9.17, 15) is 9.59 Å². The first-order valence-electron chi connectivity index (χ1n) is 7.79. The highest BCUT2D eigenvalue weighted by molar-refractivity contribution is 5.91. The van der Waals surface area contributed by atoms with Gasteiger partial charge in [-0.15, -0.1) is 0 Å². The zero-order valence-electron chi connectivity index (χ0n) is 13.2. The summed E-state index contributed by atoms with van der Waals surface area (Å²) in [4.78, 5) is 23.0. The maximum atomic E-state index is 11.9. The lowest BCUT2D eigenvalue weighted by atomic mass is 10.0. The smallest absolute Gasteiger partial charge is 0.307 e. The molecule has 20 heavy (non-hydrogen) atoms. The van der Waals surface area contributed by atoms with Crippen molar-refractivity contribution in [3.8, 4) is 0 Å². The number of hydrogen-bond donors (Lipinski definition) is 2. The van der Waals surface area contributed by atoms with E-state index in [1.807, 2.05) is 13.8 Å². The maximum absolute atomic E-state index is 11.9. The van der Waals surface area contributed by atoms with Crippen LogP contribution >= 0.6 is 0 Å². The Bertz CT molecular complexity index is 350. The number of carbonyl (C=O) groups is 2. The number of rotatable bonds is 9. The molecule has 116 valence electrons. The SMILES string of the molecule is CC(C)CCCCCCNC(=O)C1C(C(=O)O)C1(C)C. The summed E-state index contributed by atoms with van der Waals surface area (Å²) in [5.74, 6) is -1.07. The summed E-state index contributed by atoms with van der Waals surface area (Å²) < 4.78 is 0. The minimum Gasteiger partial charge on any atom is -0.481 e. The molecule has 2 atom stereocenters. The van der Waals surface area contributed by atoms with Crippen molar-refractivity contribution in [3.63, 3.8) is 0 Å². The Morgan fingerprint density at radius 3 is 2.20 bits per heavy atom. The van der Waals surface area contributed by atoms with Gasteiger partial charge in [0.2, 0.25) is 5.91 Å². The Labute approximate surface area is 122 Å². The second kappa shape index (κ2) is 7.09. The summed E-state index contributed by atoms with van der Waals surface area (Å²) in [5, 5.41) is 11.9. The first-order valence-corrected chi connectivity index (χ1v) is 7.79. The van der Waals surface area contributed by atoms with Gasteiger partial charge < -0.3 is 10.4 Å². The Balaban J connectivity index is 2.11. The molecule has 0 aromatic rings. The Kier molecular flexibility index (Phi) is 6.03. The van der Waals surface area contributed by atoms with E-state index < -0.39 is 17.3 Å². The van der Waals surface area contributed by atoms with Gasteiger partial charge in [0.15, 0.2) is 0 Å². The van der Waals surface area contributed by atoms with Crippen LogP contribution in [0.3, 0.4) is 0 Å². The van der Waals surface area contributed by atoms with E-state index in [0.29, 0.717) is 6.54 Å². The molecule has 4 heteroatoms. The van der Waals surface area contributed by atoms with E-state index in [4.69, 9.17) is 5.11 Å². The van der Waals surface area contributed by atoms with Crippen molar-refractivity contribution < 1.29 is 14.7 Å². The molecule has 0 saturated heterocycles. The number of carboxylic acid groups (broad SMARTS) is 1. The summed E-state index contributed by atoms with van der Waals surface area (Å²) in [6.07, 6.45) is 5.84. The molecule has 0 bridgehead atoms. The molecule has 0 heterocycles. The normalized spacial score (nSPS) is 23.6. The van der Waals surface area contributed by atoms with Gasteiger partial charge in [-0.2, -0.15) is 0 Å². The van der Waals surface area contributed by atoms with Crippen molar-refractivity contribution >= 4 is 11.9 Å². The highest BCUT2D eigenvalue weighted by atomic mass is 16.4. The molecule has 1 saturated carbocycles. The van der Waals surface area contributed by atoms with Gasteiger partial charge in [0.05, 0.1) is 11.8 Å². The van der Waals surface area contributed by atoms with Crippen molar-refractivity contribution in [1.82, 2.24) is 5.32 Å². The summed E-state index contributed by atoms with van der Waals surface area (Å²) in [6, 6.07) is 0. The maximum Gasteiger partial charge on any atom is 0.307 e. The highest BCUT2D eigenvalue weighted by Crippen LogP contribution is 2.58. The van der Waals surface area contributed by atoms with E-state index in [0.717, 1.165) is 18.8 Å². The number of amides is 1. The minimum absolute atomic E-state index is 0.0930. The topological polar surface area (TPSA) is 66.4 Å². The van der Waals surface area contributed by atoms with Crippen molar-refractivity contribution in [2.24, 2.45) is 23.2 Å². The summed E-state index contributed by atoms with van der Waals surface area (Å²) in [7, 11) is 0. The quantitative estimate of drug-likeness (QED) is 0.639. The number of aliphatic carboxylic acids is 1. The molecule has 0 radical (unpaired) electrons. The third-order valence-electron chi connectivity index (χ3n) is 4.38. The molecular formula is C16H29NO3.